The van der Waals surface area contributed by atoms with Gasteiger partial charge in [0.25, 0.3) is 10.0 Å². The van der Waals surface area contributed by atoms with Crippen molar-refractivity contribution in [1.82, 2.24) is 9.97 Å². The third-order valence-corrected chi connectivity index (χ3v) is 8.07. The molecule has 0 aliphatic carbocycles. The standard InChI is InChI=1S/C24H18ClN3O2S2/c1-14-10-21(28-32(29,30)19-8-5-7-18(25)12-19)22-15(2)23(31-24(22)27-14)17-11-16-6-3-4-9-20(16)26-13-17/h3-13H,1-2H3,(H,27,28). The van der Waals surface area contributed by atoms with E-state index in [2.05, 4.69) is 20.8 Å². The molecule has 5 nitrogen and oxygen atoms in total. The Morgan fingerprint density at radius 1 is 1.00 bits per heavy atom. The number of para-hydroxylation sites is 1. The number of nitrogens with one attached hydrogen (secondary N) is 1. The van der Waals surface area contributed by atoms with Gasteiger partial charge in [-0.25, -0.2) is 13.4 Å². The molecule has 32 heavy (non-hydrogen) atoms. The molecule has 3 aromatic heterocycles. The van der Waals surface area contributed by atoms with Crippen LogP contribution in [0.5, 0.6) is 0 Å². The molecule has 1 N–H and O–H groups in total. The first-order valence-corrected chi connectivity index (χ1v) is 12.5. The van der Waals surface area contributed by atoms with Gasteiger partial charge in [0.05, 0.1) is 16.1 Å². The molecular formula is C24H18ClN3O2S2. The minimum atomic E-state index is -3.81. The predicted octanol–water partition coefficient (Wildman–Crippen LogP) is 6.58. The fraction of sp³-hybridized carbons (Fsp3) is 0.0833. The van der Waals surface area contributed by atoms with Gasteiger partial charge in [-0.2, -0.15) is 0 Å². The number of sulfonamides is 1. The molecule has 8 heteroatoms. The SMILES string of the molecule is Cc1cc(NS(=O)(=O)c2cccc(Cl)c2)c2c(C)c(-c3cnc4ccccc4c3)sc2n1. The van der Waals surface area contributed by atoms with Crippen molar-refractivity contribution < 1.29 is 8.42 Å². The molecule has 0 saturated heterocycles. The second-order valence-corrected chi connectivity index (χ2v) is 10.6. The molecule has 5 rings (SSSR count). The Labute approximate surface area is 194 Å². The summed E-state index contributed by atoms with van der Waals surface area (Å²) in [5.41, 5.74) is 4.09. The molecule has 160 valence electrons. The highest BCUT2D eigenvalue weighted by Crippen LogP contribution is 2.41. The number of nitrogens with zero attached hydrogens (tertiary/aromatic N) is 2. The zero-order valence-corrected chi connectivity index (χ0v) is 19.6. The molecule has 0 bridgehead atoms. The van der Waals surface area contributed by atoms with Gasteiger partial charge in [0.2, 0.25) is 0 Å². The Balaban J connectivity index is 1.65. The maximum Gasteiger partial charge on any atom is 0.261 e. The zero-order chi connectivity index (χ0) is 22.5. The van der Waals surface area contributed by atoms with Crippen molar-refractivity contribution in [2.24, 2.45) is 0 Å². The zero-order valence-electron chi connectivity index (χ0n) is 17.3. The highest BCUT2D eigenvalue weighted by molar-refractivity contribution is 7.92. The number of fused-ring (bicyclic) bond motifs is 2. The van der Waals surface area contributed by atoms with Crippen molar-refractivity contribution in [1.29, 1.82) is 0 Å². The van der Waals surface area contributed by atoms with E-state index >= 15 is 0 Å². The van der Waals surface area contributed by atoms with Crippen molar-refractivity contribution >= 4 is 59.8 Å². The maximum absolute atomic E-state index is 13.0. The van der Waals surface area contributed by atoms with E-state index in [9.17, 15) is 8.42 Å². The summed E-state index contributed by atoms with van der Waals surface area (Å²) in [7, 11) is -3.81. The normalized spacial score (nSPS) is 11.8. The summed E-state index contributed by atoms with van der Waals surface area (Å²) in [5, 5.41) is 2.20. The fourth-order valence-corrected chi connectivity index (χ4v) is 6.35. The largest absolute Gasteiger partial charge is 0.279 e. The molecule has 0 aliphatic rings. The van der Waals surface area contributed by atoms with Crippen LogP contribution in [-0.4, -0.2) is 18.4 Å². The van der Waals surface area contributed by atoms with Crippen LogP contribution in [0.2, 0.25) is 5.02 Å². The average molecular weight is 480 g/mol. The number of hydrogen-bond acceptors (Lipinski definition) is 5. The van der Waals surface area contributed by atoms with E-state index in [0.717, 1.165) is 42.8 Å². The van der Waals surface area contributed by atoms with Crippen LogP contribution < -0.4 is 4.72 Å². The minimum absolute atomic E-state index is 0.111. The van der Waals surface area contributed by atoms with Gasteiger partial charge < -0.3 is 0 Å². The number of thiophene rings is 1. The molecule has 0 aliphatic heterocycles. The van der Waals surface area contributed by atoms with Gasteiger partial charge in [0, 0.05) is 38.1 Å². The molecule has 0 spiro atoms. The summed E-state index contributed by atoms with van der Waals surface area (Å²) in [5.74, 6) is 0. The molecule has 0 atom stereocenters. The summed E-state index contributed by atoms with van der Waals surface area (Å²) in [4.78, 5) is 11.1. The Morgan fingerprint density at radius 3 is 2.62 bits per heavy atom. The van der Waals surface area contributed by atoms with E-state index in [0.29, 0.717) is 10.7 Å². The molecule has 0 fully saturated rings. The molecule has 0 amide bonds. The smallest absolute Gasteiger partial charge is 0.261 e. The quantitative estimate of drug-likeness (QED) is 0.316. The van der Waals surface area contributed by atoms with Crippen LogP contribution in [0.25, 0.3) is 31.6 Å². The number of benzene rings is 2. The number of pyridine rings is 2. The fourth-order valence-electron chi connectivity index (χ4n) is 3.76. The molecule has 0 radical (unpaired) electrons. The Kier molecular flexibility index (Phi) is 5.12. The first-order valence-electron chi connectivity index (χ1n) is 9.86. The summed E-state index contributed by atoms with van der Waals surface area (Å²) in [6.07, 6.45) is 1.85. The maximum atomic E-state index is 13.0. The van der Waals surface area contributed by atoms with Gasteiger partial charge in [0.1, 0.15) is 4.83 Å². The van der Waals surface area contributed by atoms with Crippen LogP contribution in [0.1, 0.15) is 11.3 Å². The first kappa shape index (κ1) is 20.9. The van der Waals surface area contributed by atoms with Crippen LogP contribution in [-0.2, 0) is 10.0 Å². The number of anilines is 1. The number of hydrogen-bond donors (Lipinski definition) is 1. The summed E-state index contributed by atoms with van der Waals surface area (Å²) in [6.45, 7) is 3.83. The van der Waals surface area contributed by atoms with Crippen LogP contribution in [0.4, 0.5) is 5.69 Å². The summed E-state index contributed by atoms with van der Waals surface area (Å²) < 4.78 is 28.8. The second-order valence-electron chi connectivity index (χ2n) is 7.53. The number of rotatable bonds is 4. The van der Waals surface area contributed by atoms with Gasteiger partial charge in [-0.3, -0.25) is 9.71 Å². The first-order chi connectivity index (χ1) is 15.3. The molecule has 5 aromatic rings. The van der Waals surface area contributed by atoms with Crippen molar-refractivity contribution in [3.63, 3.8) is 0 Å². The third kappa shape index (κ3) is 3.72. The molecule has 0 saturated carbocycles. The van der Waals surface area contributed by atoms with Crippen LogP contribution in [0.3, 0.4) is 0 Å². The van der Waals surface area contributed by atoms with E-state index in [1.807, 2.05) is 44.3 Å². The van der Waals surface area contributed by atoms with E-state index in [-0.39, 0.29) is 4.90 Å². The molecule has 0 unspecified atom stereocenters. The van der Waals surface area contributed by atoms with Crippen molar-refractivity contribution in [3.05, 3.63) is 83.1 Å². The van der Waals surface area contributed by atoms with Crippen LogP contribution >= 0.6 is 22.9 Å². The topological polar surface area (TPSA) is 72.0 Å². The molecule has 3 heterocycles. The van der Waals surface area contributed by atoms with Crippen LogP contribution in [0, 0.1) is 13.8 Å². The van der Waals surface area contributed by atoms with Gasteiger partial charge in [-0.1, -0.05) is 35.9 Å². The van der Waals surface area contributed by atoms with Crippen molar-refractivity contribution in [2.45, 2.75) is 18.7 Å². The third-order valence-electron chi connectivity index (χ3n) is 5.23. The second kappa shape index (κ2) is 7.85. The highest BCUT2D eigenvalue weighted by atomic mass is 35.5. The highest BCUT2D eigenvalue weighted by Gasteiger charge is 2.21. The summed E-state index contributed by atoms with van der Waals surface area (Å²) in [6, 6.07) is 18.0. The van der Waals surface area contributed by atoms with Gasteiger partial charge >= 0.3 is 0 Å². The molecular weight excluding hydrogens is 462 g/mol. The van der Waals surface area contributed by atoms with Crippen LogP contribution in [0.15, 0.2) is 71.8 Å². The number of halogens is 1. The number of aromatic nitrogens is 2. The van der Waals surface area contributed by atoms with Gasteiger partial charge in [-0.05, 0) is 55.8 Å². The lowest BCUT2D eigenvalue weighted by Crippen LogP contribution is -2.13. The van der Waals surface area contributed by atoms with Gasteiger partial charge in [-0.15, -0.1) is 11.3 Å². The van der Waals surface area contributed by atoms with Crippen molar-refractivity contribution in [3.8, 4) is 10.4 Å². The number of aryl methyl sites for hydroxylation is 2. The Morgan fingerprint density at radius 2 is 1.81 bits per heavy atom. The monoisotopic (exact) mass is 479 g/mol. The van der Waals surface area contributed by atoms with E-state index in [4.69, 9.17) is 11.6 Å². The average Bonchev–Trinajstić information content (AvgIpc) is 3.09. The molecule has 2 aromatic carbocycles. The van der Waals surface area contributed by atoms with Crippen molar-refractivity contribution in [2.75, 3.05) is 4.72 Å². The summed E-state index contributed by atoms with van der Waals surface area (Å²) >= 11 is 7.54. The Bertz CT molecular complexity index is 1610. The lowest BCUT2D eigenvalue weighted by molar-refractivity contribution is 0.601. The Hall–Kier alpha value is -3.00. The van der Waals surface area contributed by atoms with E-state index in [1.54, 1.807) is 18.2 Å². The van der Waals surface area contributed by atoms with E-state index < -0.39 is 10.0 Å². The lowest BCUT2D eigenvalue weighted by Gasteiger charge is -2.11. The van der Waals surface area contributed by atoms with E-state index in [1.165, 1.54) is 23.5 Å². The lowest BCUT2D eigenvalue weighted by atomic mass is 10.1. The minimum Gasteiger partial charge on any atom is -0.279 e. The van der Waals surface area contributed by atoms with Gasteiger partial charge in [0.15, 0.2) is 0 Å². The predicted molar refractivity (Wildman–Crippen MR) is 132 cm³/mol.